The maximum absolute atomic E-state index is 12.8. The van der Waals surface area contributed by atoms with Crippen molar-refractivity contribution in [3.63, 3.8) is 0 Å². The van der Waals surface area contributed by atoms with E-state index in [1.54, 1.807) is 33.8 Å². The molecule has 1 aromatic heterocycles. The van der Waals surface area contributed by atoms with Gasteiger partial charge in [-0.05, 0) is 31.0 Å². The molecule has 3 aromatic rings. The van der Waals surface area contributed by atoms with Gasteiger partial charge in [-0.15, -0.1) is 11.3 Å². The van der Waals surface area contributed by atoms with Crippen molar-refractivity contribution in [3.8, 4) is 11.1 Å². The normalized spacial score (nSPS) is 11.1. The lowest BCUT2D eigenvalue weighted by atomic mass is 9.96. The molecule has 7 heteroatoms. The Morgan fingerprint density at radius 3 is 2.21 bits per heavy atom. The number of aryl methyl sites for hydroxylation is 1. The summed E-state index contributed by atoms with van der Waals surface area (Å²) < 4.78 is 5.31. The third-order valence-electron chi connectivity index (χ3n) is 5.12. The summed E-state index contributed by atoms with van der Waals surface area (Å²) in [5, 5.41) is 6.08. The van der Waals surface area contributed by atoms with Crippen LogP contribution in [0.15, 0.2) is 54.6 Å². The van der Waals surface area contributed by atoms with Crippen molar-refractivity contribution in [2.45, 2.75) is 34.6 Å². The molecule has 0 aliphatic carbocycles. The van der Waals surface area contributed by atoms with E-state index in [-0.39, 0.29) is 11.5 Å². The van der Waals surface area contributed by atoms with Crippen molar-refractivity contribution < 1.29 is 19.1 Å². The summed E-state index contributed by atoms with van der Waals surface area (Å²) in [6, 6.07) is 17.1. The first-order valence-corrected chi connectivity index (χ1v) is 11.4. The van der Waals surface area contributed by atoms with Crippen LogP contribution in [0.3, 0.4) is 0 Å². The summed E-state index contributed by atoms with van der Waals surface area (Å²) in [5.74, 6) is -1.29. The van der Waals surface area contributed by atoms with E-state index in [0.29, 0.717) is 10.7 Å². The van der Waals surface area contributed by atoms with Gasteiger partial charge in [-0.3, -0.25) is 9.59 Å². The maximum atomic E-state index is 12.8. The molecule has 0 radical (unpaired) electrons. The molecule has 0 fully saturated rings. The molecule has 0 saturated carbocycles. The molecule has 6 nitrogen and oxygen atoms in total. The molecule has 0 saturated heterocycles. The fourth-order valence-corrected chi connectivity index (χ4v) is 4.15. The summed E-state index contributed by atoms with van der Waals surface area (Å²) in [5.41, 5.74) is 2.87. The van der Waals surface area contributed by atoms with E-state index in [9.17, 15) is 14.4 Å². The van der Waals surface area contributed by atoms with E-state index in [0.717, 1.165) is 21.6 Å². The summed E-state index contributed by atoms with van der Waals surface area (Å²) >= 11 is 1.32. The van der Waals surface area contributed by atoms with Crippen LogP contribution in [-0.2, 0) is 14.3 Å². The summed E-state index contributed by atoms with van der Waals surface area (Å²) in [6.07, 6.45) is 0. The van der Waals surface area contributed by atoms with E-state index in [1.165, 1.54) is 11.3 Å². The molecule has 2 aromatic carbocycles. The van der Waals surface area contributed by atoms with Crippen molar-refractivity contribution in [1.29, 1.82) is 0 Å². The van der Waals surface area contributed by atoms with E-state index < -0.39 is 23.9 Å². The van der Waals surface area contributed by atoms with E-state index in [2.05, 4.69) is 10.6 Å². The zero-order chi connectivity index (χ0) is 24.2. The first kappa shape index (κ1) is 24.2. The summed E-state index contributed by atoms with van der Waals surface area (Å²) in [6.45, 7) is 8.62. The number of rotatable bonds is 6. The number of benzene rings is 2. The monoisotopic (exact) mass is 464 g/mol. The Morgan fingerprint density at radius 1 is 0.909 bits per heavy atom. The first-order chi connectivity index (χ1) is 15.6. The van der Waals surface area contributed by atoms with Crippen LogP contribution in [0.4, 0.5) is 10.7 Å². The topological polar surface area (TPSA) is 84.5 Å². The highest BCUT2D eigenvalue weighted by Gasteiger charge is 2.27. The number of ether oxygens (including phenoxy) is 1. The third-order valence-corrected chi connectivity index (χ3v) is 6.24. The van der Waals surface area contributed by atoms with Gasteiger partial charge in [0.25, 0.3) is 5.91 Å². The molecular weight excluding hydrogens is 436 g/mol. The number of thiophene rings is 1. The zero-order valence-corrected chi connectivity index (χ0v) is 20.3. The molecule has 0 aliphatic rings. The molecule has 3 rings (SSSR count). The smallest absolute Gasteiger partial charge is 0.341 e. The lowest BCUT2D eigenvalue weighted by Crippen LogP contribution is -2.28. The van der Waals surface area contributed by atoms with Gasteiger partial charge in [-0.1, -0.05) is 69.3 Å². The molecule has 0 bridgehead atoms. The third kappa shape index (κ3) is 5.87. The molecular formula is C26H28N2O4S. The summed E-state index contributed by atoms with van der Waals surface area (Å²) in [4.78, 5) is 38.7. The SMILES string of the molecule is Cc1sc(NC(=O)C(C)(C)C)c(C(=O)OCC(=O)Nc2ccccc2-c2ccccc2)c1C. The van der Waals surface area contributed by atoms with Crippen molar-refractivity contribution in [2.75, 3.05) is 17.2 Å². The van der Waals surface area contributed by atoms with E-state index in [4.69, 9.17) is 4.74 Å². The predicted octanol–water partition coefficient (Wildman–Crippen LogP) is 5.81. The second kappa shape index (κ2) is 10.0. The van der Waals surface area contributed by atoms with Crippen molar-refractivity contribution >= 4 is 39.8 Å². The van der Waals surface area contributed by atoms with Crippen LogP contribution >= 0.6 is 11.3 Å². The van der Waals surface area contributed by atoms with Crippen LogP contribution in [0.2, 0.25) is 0 Å². The molecule has 172 valence electrons. The lowest BCUT2D eigenvalue weighted by Gasteiger charge is -2.17. The molecule has 2 N–H and O–H groups in total. The highest BCUT2D eigenvalue weighted by Crippen LogP contribution is 2.34. The van der Waals surface area contributed by atoms with Crippen LogP contribution in [0.25, 0.3) is 11.1 Å². The second-order valence-corrected chi connectivity index (χ2v) is 9.95. The van der Waals surface area contributed by atoms with Crippen molar-refractivity contribution in [3.05, 3.63) is 70.6 Å². The molecule has 1 heterocycles. The zero-order valence-electron chi connectivity index (χ0n) is 19.4. The number of carbonyl (C=O) groups is 3. The highest BCUT2D eigenvalue weighted by molar-refractivity contribution is 7.16. The average Bonchev–Trinajstić information content (AvgIpc) is 3.05. The quantitative estimate of drug-likeness (QED) is 0.451. The molecule has 0 spiro atoms. The minimum atomic E-state index is -0.646. The Balaban J connectivity index is 1.70. The van der Waals surface area contributed by atoms with Gasteiger partial charge in [-0.2, -0.15) is 0 Å². The second-order valence-electron chi connectivity index (χ2n) is 8.73. The fraction of sp³-hybridized carbons (Fsp3) is 0.269. The minimum Gasteiger partial charge on any atom is -0.452 e. The van der Waals surface area contributed by atoms with Crippen LogP contribution in [0.5, 0.6) is 0 Å². The number of anilines is 2. The minimum absolute atomic E-state index is 0.201. The van der Waals surface area contributed by atoms with Gasteiger partial charge in [-0.25, -0.2) is 4.79 Å². The molecule has 0 unspecified atom stereocenters. The Labute approximate surface area is 198 Å². The largest absolute Gasteiger partial charge is 0.452 e. The van der Waals surface area contributed by atoms with E-state index in [1.807, 2.05) is 55.5 Å². The number of hydrogen-bond donors (Lipinski definition) is 2. The first-order valence-electron chi connectivity index (χ1n) is 10.6. The van der Waals surface area contributed by atoms with Gasteiger partial charge in [0.2, 0.25) is 5.91 Å². The summed E-state index contributed by atoms with van der Waals surface area (Å²) in [7, 11) is 0. The fourth-order valence-electron chi connectivity index (χ4n) is 3.10. The van der Waals surface area contributed by atoms with Crippen LogP contribution in [-0.4, -0.2) is 24.4 Å². The number of carbonyl (C=O) groups excluding carboxylic acids is 3. The number of hydrogen-bond acceptors (Lipinski definition) is 5. The van der Waals surface area contributed by atoms with Gasteiger partial charge < -0.3 is 15.4 Å². The van der Waals surface area contributed by atoms with Crippen molar-refractivity contribution in [2.24, 2.45) is 5.41 Å². The Kier molecular flexibility index (Phi) is 7.33. The van der Waals surface area contributed by atoms with Gasteiger partial charge >= 0.3 is 5.97 Å². The van der Waals surface area contributed by atoms with Gasteiger partial charge in [0.1, 0.15) is 5.00 Å². The number of para-hydroxylation sites is 1. The van der Waals surface area contributed by atoms with Crippen molar-refractivity contribution in [1.82, 2.24) is 0 Å². The molecule has 2 amide bonds. The maximum Gasteiger partial charge on any atom is 0.341 e. The highest BCUT2D eigenvalue weighted by atomic mass is 32.1. The number of esters is 1. The molecule has 0 aliphatic heterocycles. The standard InChI is InChI=1S/C26H28N2O4S/c1-16-17(2)33-23(28-25(31)26(3,4)5)22(16)24(30)32-15-21(29)27-20-14-10-9-13-19(20)18-11-7-6-8-12-18/h6-14H,15H2,1-5H3,(H,27,29)(H,28,31). The van der Waals surface area contributed by atoms with Crippen LogP contribution < -0.4 is 10.6 Å². The van der Waals surface area contributed by atoms with Crippen LogP contribution in [0, 0.1) is 19.3 Å². The Hall–Kier alpha value is -3.45. The Bertz CT molecular complexity index is 1180. The van der Waals surface area contributed by atoms with Gasteiger partial charge in [0.05, 0.1) is 5.56 Å². The van der Waals surface area contributed by atoms with Crippen LogP contribution in [0.1, 0.15) is 41.6 Å². The van der Waals surface area contributed by atoms with Gasteiger partial charge in [0, 0.05) is 21.5 Å². The number of amides is 2. The predicted molar refractivity (Wildman–Crippen MR) is 133 cm³/mol. The average molecular weight is 465 g/mol. The van der Waals surface area contributed by atoms with E-state index >= 15 is 0 Å². The Morgan fingerprint density at radius 2 is 1.55 bits per heavy atom. The molecule has 0 atom stereocenters. The lowest BCUT2D eigenvalue weighted by molar-refractivity contribution is -0.123. The number of nitrogens with one attached hydrogen (secondary N) is 2. The molecule has 33 heavy (non-hydrogen) atoms. The van der Waals surface area contributed by atoms with Gasteiger partial charge in [0.15, 0.2) is 6.61 Å².